The van der Waals surface area contributed by atoms with Gasteiger partial charge in [0.2, 0.25) is 0 Å². The molecule has 3 rings (SSSR count). The van der Waals surface area contributed by atoms with Crippen molar-refractivity contribution in [2.45, 2.75) is 20.8 Å². The molecule has 2 aromatic heterocycles. The molecule has 7 nitrogen and oxygen atoms in total. The lowest BCUT2D eigenvalue weighted by atomic mass is 10.0. The van der Waals surface area contributed by atoms with Crippen molar-refractivity contribution in [1.82, 2.24) is 9.97 Å². The Morgan fingerprint density at radius 2 is 1.96 bits per heavy atom. The van der Waals surface area contributed by atoms with Gasteiger partial charge in [0.05, 0.1) is 36.4 Å². The van der Waals surface area contributed by atoms with E-state index in [1.807, 2.05) is 26.0 Å². The van der Waals surface area contributed by atoms with E-state index in [2.05, 4.69) is 20.5 Å². The summed E-state index contributed by atoms with van der Waals surface area (Å²) < 4.78 is 10.7. The smallest absolute Gasteiger partial charge is 0.199 e. The first-order chi connectivity index (χ1) is 12.9. The van der Waals surface area contributed by atoms with Crippen molar-refractivity contribution < 1.29 is 9.47 Å². The molecule has 0 fully saturated rings. The second kappa shape index (κ2) is 7.49. The summed E-state index contributed by atoms with van der Waals surface area (Å²) in [6.45, 7) is 5.58. The fourth-order valence-corrected chi connectivity index (χ4v) is 2.90. The van der Waals surface area contributed by atoms with Crippen LogP contribution in [0, 0.1) is 13.8 Å². The molecule has 27 heavy (non-hydrogen) atoms. The highest BCUT2D eigenvalue weighted by atomic mass is 16.5. The Morgan fingerprint density at radius 3 is 2.59 bits per heavy atom. The van der Waals surface area contributed by atoms with Crippen molar-refractivity contribution in [3.05, 3.63) is 57.5 Å². The fourth-order valence-electron chi connectivity index (χ4n) is 2.90. The Bertz CT molecular complexity index is 1070. The number of nitrogens with zero attached hydrogens (tertiary/aromatic N) is 2. The third kappa shape index (κ3) is 3.62. The summed E-state index contributed by atoms with van der Waals surface area (Å²) in [6.07, 6.45) is 1.75. The van der Waals surface area contributed by atoms with Crippen LogP contribution in [0.15, 0.2) is 40.4 Å². The number of aromatic amines is 1. The van der Waals surface area contributed by atoms with Gasteiger partial charge < -0.3 is 14.5 Å². The molecule has 0 radical (unpaired) electrons. The molecule has 0 atom stereocenters. The maximum Gasteiger partial charge on any atom is 0.199 e. The molecule has 0 aliphatic rings. The lowest BCUT2D eigenvalue weighted by molar-refractivity contribution is 0.397. The second-order valence-electron chi connectivity index (χ2n) is 6.24. The molecular weight excluding hydrogens is 344 g/mol. The fraction of sp³-hybridized carbons (Fsp3) is 0.250. The largest absolute Gasteiger partial charge is 0.497 e. The lowest BCUT2D eigenvalue weighted by Gasteiger charge is -2.12. The van der Waals surface area contributed by atoms with Gasteiger partial charge in [-0.2, -0.15) is 5.10 Å². The second-order valence-corrected chi connectivity index (χ2v) is 6.24. The van der Waals surface area contributed by atoms with Crippen LogP contribution in [0.5, 0.6) is 11.5 Å². The summed E-state index contributed by atoms with van der Waals surface area (Å²) in [7, 11) is 3.11. The standard InChI is InChI=1S/C20H22N4O3/c1-11-6-7-17(21-10-11)24-23-13(3)18-12(2)22-19-15(20(18)25)8-14(26-4)9-16(19)27-5/h6-10H,1-5H3,(H,21,24)(H,22,25)/b23-13-. The van der Waals surface area contributed by atoms with E-state index < -0.39 is 0 Å². The summed E-state index contributed by atoms with van der Waals surface area (Å²) in [5.41, 5.74) is 6.20. The van der Waals surface area contributed by atoms with Crippen LogP contribution in [0.25, 0.3) is 10.9 Å². The van der Waals surface area contributed by atoms with Crippen molar-refractivity contribution in [3.63, 3.8) is 0 Å². The van der Waals surface area contributed by atoms with Gasteiger partial charge in [-0.25, -0.2) is 4.98 Å². The van der Waals surface area contributed by atoms with E-state index in [1.165, 1.54) is 0 Å². The van der Waals surface area contributed by atoms with E-state index in [-0.39, 0.29) is 5.43 Å². The molecule has 3 aromatic rings. The van der Waals surface area contributed by atoms with Crippen molar-refractivity contribution >= 4 is 22.4 Å². The van der Waals surface area contributed by atoms with Crippen LogP contribution in [-0.2, 0) is 0 Å². The third-order valence-electron chi connectivity index (χ3n) is 4.30. The number of pyridine rings is 2. The van der Waals surface area contributed by atoms with Crippen molar-refractivity contribution in [2.24, 2.45) is 5.10 Å². The molecule has 0 bridgehead atoms. The molecule has 7 heteroatoms. The first-order valence-electron chi connectivity index (χ1n) is 8.46. The van der Waals surface area contributed by atoms with Gasteiger partial charge in [0.1, 0.15) is 17.3 Å². The Labute approximate surface area is 157 Å². The first kappa shape index (κ1) is 18.4. The van der Waals surface area contributed by atoms with Crippen molar-refractivity contribution in [3.8, 4) is 11.5 Å². The number of aromatic nitrogens is 2. The predicted molar refractivity (Wildman–Crippen MR) is 107 cm³/mol. The topological polar surface area (TPSA) is 88.6 Å². The van der Waals surface area contributed by atoms with E-state index in [9.17, 15) is 4.79 Å². The molecule has 0 saturated carbocycles. The Kier molecular flexibility index (Phi) is 5.12. The zero-order valence-corrected chi connectivity index (χ0v) is 16.0. The van der Waals surface area contributed by atoms with Gasteiger partial charge in [-0.3, -0.25) is 10.2 Å². The van der Waals surface area contributed by atoms with Gasteiger partial charge >= 0.3 is 0 Å². The number of aryl methyl sites for hydroxylation is 2. The average molecular weight is 366 g/mol. The Morgan fingerprint density at radius 1 is 1.19 bits per heavy atom. The number of hydrogen-bond donors (Lipinski definition) is 2. The molecular formula is C20H22N4O3. The average Bonchev–Trinajstić information content (AvgIpc) is 2.67. The van der Waals surface area contributed by atoms with Crippen LogP contribution in [0.3, 0.4) is 0 Å². The number of hydrogen-bond acceptors (Lipinski definition) is 6. The number of fused-ring (bicyclic) bond motifs is 1. The highest BCUT2D eigenvalue weighted by molar-refractivity contribution is 6.03. The first-order valence-corrected chi connectivity index (χ1v) is 8.46. The zero-order chi connectivity index (χ0) is 19.6. The Balaban J connectivity index is 2.09. The molecule has 2 heterocycles. The van der Waals surface area contributed by atoms with Gasteiger partial charge in [0.15, 0.2) is 5.43 Å². The summed E-state index contributed by atoms with van der Waals surface area (Å²) in [4.78, 5) is 20.6. The summed E-state index contributed by atoms with van der Waals surface area (Å²) >= 11 is 0. The van der Waals surface area contributed by atoms with E-state index in [4.69, 9.17) is 9.47 Å². The summed E-state index contributed by atoms with van der Waals surface area (Å²) in [5.74, 6) is 1.71. The number of rotatable bonds is 5. The van der Waals surface area contributed by atoms with Gasteiger partial charge in [0, 0.05) is 18.0 Å². The molecule has 0 amide bonds. The van der Waals surface area contributed by atoms with Gasteiger partial charge in [-0.05, 0) is 38.5 Å². The van der Waals surface area contributed by atoms with Gasteiger partial charge in [-0.15, -0.1) is 0 Å². The Hall–Kier alpha value is -3.35. The quantitative estimate of drug-likeness (QED) is 0.534. The van der Waals surface area contributed by atoms with Crippen molar-refractivity contribution in [1.29, 1.82) is 0 Å². The summed E-state index contributed by atoms with van der Waals surface area (Å²) in [5, 5.41) is 4.81. The van der Waals surface area contributed by atoms with Crippen LogP contribution < -0.4 is 20.3 Å². The van der Waals surface area contributed by atoms with E-state index in [0.29, 0.717) is 45.2 Å². The molecule has 1 aromatic carbocycles. The highest BCUT2D eigenvalue weighted by Gasteiger charge is 2.16. The SMILES string of the molecule is COc1cc(OC)c2[nH]c(C)c(/C(C)=N\Nc3ccc(C)cn3)c(=O)c2c1. The van der Waals surface area contributed by atoms with Crippen LogP contribution >= 0.6 is 0 Å². The minimum absolute atomic E-state index is 0.140. The molecule has 2 N–H and O–H groups in total. The number of benzene rings is 1. The highest BCUT2D eigenvalue weighted by Crippen LogP contribution is 2.28. The molecule has 140 valence electrons. The van der Waals surface area contributed by atoms with Crippen LogP contribution in [-0.4, -0.2) is 29.9 Å². The number of anilines is 1. The maximum atomic E-state index is 13.1. The van der Waals surface area contributed by atoms with E-state index >= 15 is 0 Å². The molecule has 0 unspecified atom stereocenters. The monoisotopic (exact) mass is 366 g/mol. The minimum Gasteiger partial charge on any atom is -0.497 e. The maximum absolute atomic E-state index is 13.1. The molecule has 0 aliphatic heterocycles. The zero-order valence-electron chi connectivity index (χ0n) is 16.0. The number of methoxy groups -OCH3 is 2. The summed E-state index contributed by atoms with van der Waals surface area (Å²) in [6, 6.07) is 7.21. The number of ether oxygens (including phenoxy) is 2. The van der Waals surface area contributed by atoms with Gasteiger partial charge in [0.25, 0.3) is 0 Å². The minimum atomic E-state index is -0.140. The normalized spacial score (nSPS) is 11.5. The van der Waals surface area contributed by atoms with Crippen LogP contribution in [0.1, 0.15) is 23.7 Å². The van der Waals surface area contributed by atoms with Crippen LogP contribution in [0.4, 0.5) is 5.82 Å². The predicted octanol–water partition coefficient (Wildman–Crippen LogP) is 3.39. The molecule has 0 aliphatic carbocycles. The third-order valence-corrected chi connectivity index (χ3v) is 4.30. The van der Waals surface area contributed by atoms with Gasteiger partial charge in [-0.1, -0.05) is 6.07 Å². The van der Waals surface area contributed by atoms with Crippen molar-refractivity contribution in [2.75, 3.05) is 19.6 Å². The van der Waals surface area contributed by atoms with E-state index in [1.54, 1.807) is 39.5 Å². The van der Waals surface area contributed by atoms with E-state index in [0.717, 1.165) is 5.56 Å². The number of H-pyrrole nitrogens is 1. The molecule has 0 saturated heterocycles. The lowest BCUT2D eigenvalue weighted by Crippen LogP contribution is -2.18. The number of hydrazone groups is 1. The number of nitrogens with one attached hydrogen (secondary N) is 2. The molecule has 0 spiro atoms. The van der Waals surface area contributed by atoms with Crippen LogP contribution in [0.2, 0.25) is 0 Å².